The third-order valence-corrected chi connectivity index (χ3v) is 1.36. The summed E-state index contributed by atoms with van der Waals surface area (Å²) in [5.41, 5.74) is 0.338. The number of para-hydroxylation sites is 1. The number of hydrogen-bond acceptors (Lipinski definition) is 4. The van der Waals surface area contributed by atoms with Gasteiger partial charge in [-0.3, -0.25) is 0 Å². The summed E-state index contributed by atoms with van der Waals surface area (Å²) < 4.78 is 0. The minimum atomic E-state index is -0.672. The van der Waals surface area contributed by atoms with E-state index in [0.29, 0.717) is 10.8 Å². The van der Waals surface area contributed by atoms with E-state index in [1.54, 1.807) is 30.3 Å². The molecule has 6 heteroatoms. The topological polar surface area (TPSA) is 58.7 Å². The van der Waals surface area contributed by atoms with E-state index in [1.165, 1.54) is 0 Å². The Morgan fingerprint density at radius 3 is 2.54 bits per heavy atom. The summed E-state index contributed by atoms with van der Waals surface area (Å²) in [5, 5.41) is 15.6. The molecule has 0 radical (unpaired) electrons. The Kier molecular flexibility index (Phi) is 3.08. The van der Waals surface area contributed by atoms with Gasteiger partial charge < -0.3 is 10.1 Å². The Morgan fingerprint density at radius 1 is 1.46 bits per heavy atom. The van der Waals surface area contributed by atoms with E-state index in [1.807, 2.05) is 5.16 Å². The molecule has 0 N–H and O–H groups in total. The van der Waals surface area contributed by atoms with Gasteiger partial charge in [-0.05, 0) is 12.1 Å². The zero-order valence-electron chi connectivity index (χ0n) is 6.45. The third-order valence-electron chi connectivity index (χ3n) is 1.28. The standard InChI is InChI=1S/C7H5N3O2S/c11-10(12)9(8-6-13)7-4-2-1-3-5-7/h1-5H. The molecule has 1 rings (SSSR count). The number of hydrazine groups is 1. The van der Waals surface area contributed by atoms with Gasteiger partial charge in [0.25, 0.3) is 0 Å². The van der Waals surface area contributed by atoms with Gasteiger partial charge in [-0.2, -0.15) is 0 Å². The van der Waals surface area contributed by atoms with Gasteiger partial charge in [-0.15, -0.1) is 0 Å². The minimum absolute atomic E-state index is 0.338. The van der Waals surface area contributed by atoms with E-state index in [2.05, 4.69) is 17.3 Å². The van der Waals surface area contributed by atoms with Crippen molar-refractivity contribution >= 4 is 23.1 Å². The highest BCUT2D eigenvalue weighted by atomic mass is 32.1. The zero-order chi connectivity index (χ0) is 9.68. The van der Waals surface area contributed by atoms with Crippen molar-refractivity contribution in [1.82, 2.24) is 0 Å². The van der Waals surface area contributed by atoms with Gasteiger partial charge in [0.05, 0.1) is 5.03 Å². The molecule has 0 aliphatic heterocycles. The molecule has 0 saturated carbocycles. The number of hydrazone groups is 1. The normalized spacial score (nSPS) is 8.62. The summed E-state index contributed by atoms with van der Waals surface area (Å²) in [5.74, 6) is 0. The van der Waals surface area contributed by atoms with Crippen molar-refractivity contribution in [3.63, 3.8) is 0 Å². The first-order chi connectivity index (χ1) is 6.25. The van der Waals surface area contributed by atoms with Crippen molar-refractivity contribution in [1.29, 1.82) is 0 Å². The van der Waals surface area contributed by atoms with Gasteiger partial charge in [0, 0.05) is 17.3 Å². The summed E-state index contributed by atoms with van der Waals surface area (Å²) in [6, 6.07) is 8.20. The molecule has 5 nitrogen and oxygen atoms in total. The fourth-order valence-electron chi connectivity index (χ4n) is 0.789. The van der Waals surface area contributed by atoms with Gasteiger partial charge in [0.2, 0.25) is 5.16 Å². The number of hydrogen-bond donors (Lipinski definition) is 0. The molecule has 0 fully saturated rings. The van der Waals surface area contributed by atoms with E-state index >= 15 is 0 Å². The van der Waals surface area contributed by atoms with Crippen LogP contribution in [0.25, 0.3) is 0 Å². The van der Waals surface area contributed by atoms with Crippen LogP contribution in [0, 0.1) is 10.1 Å². The quantitative estimate of drug-likeness (QED) is 0.319. The van der Waals surface area contributed by atoms with Crippen LogP contribution >= 0.6 is 12.2 Å². The molecule has 0 aliphatic rings. The number of thiocarbonyl (C=S) groups is 1. The molecule has 0 atom stereocenters. The Balaban J connectivity index is 3.02. The van der Waals surface area contributed by atoms with Crippen LogP contribution in [-0.2, 0) is 0 Å². The van der Waals surface area contributed by atoms with Gasteiger partial charge in [0.15, 0.2) is 0 Å². The highest BCUT2D eigenvalue weighted by Gasteiger charge is 2.13. The smallest absolute Gasteiger partial charge is 0.228 e. The van der Waals surface area contributed by atoms with E-state index in [4.69, 9.17) is 0 Å². The summed E-state index contributed by atoms with van der Waals surface area (Å²) in [6.45, 7) is 0. The lowest BCUT2D eigenvalue weighted by Gasteiger charge is -2.05. The maximum Gasteiger partial charge on any atom is 0.228 e. The van der Waals surface area contributed by atoms with Crippen molar-refractivity contribution in [3.05, 3.63) is 40.4 Å². The molecule has 66 valence electrons. The maximum absolute atomic E-state index is 10.4. The third kappa shape index (κ3) is 2.33. The summed E-state index contributed by atoms with van der Waals surface area (Å²) in [4.78, 5) is 10.4. The number of rotatable bonds is 3. The first-order valence-electron chi connectivity index (χ1n) is 3.33. The predicted molar refractivity (Wildman–Crippen MR) is 50.9 cm³/mol. The number of anilines is 1. The number of isothiocyanates is 1. The van der Waals surface area contributed by atoms with Gasteiger partial charge in [-0.1, -0.05) is 18.2 Å². The zero-order valence-corrected chi connectivity index (χ0v) is 7.27. The van der Waals surface area contributed by atoms with E-state index in [-0.39, 0.29) is 0 Å². The first-order valence-corrected chi connectivity index (χ1v) is 3.74. The monoisotopic (exact) mass is 195 g/mol. The highest BCUT2D eigenvalue weighted by Crippen LogP contribution is 2.12. The van der Waals surface area contributed by atoms with E-state index < -0.39 is 5.03 Å². The average molecular weight is 195 g/mol. The second-order valence-electron chi connectivity index (χ2n) is 2.05. The fourth-order valence-corrected chi connectivity index (χ4v) is 0.866. The van der Waals surface area contributed by atoms with Crippen LogP contribution < -0.4 is 5.12 Å². The van der Waals surface area contributed by atoms with Crippen LogP contribution in [0.15, 0.2) is 35.4 Å². The van der Waals surface area contributed by atoms with Crippen molar-refractivity contribution in [3.8, 4) is 0 Å². The second-order valence-corrected chi connectivity index (χ2v) is 2.24. The Bertz CT molecular complexity index is 346. The lowest BCUT2D eigenvalue weighted by Crippen LogP contribution is -2.23. The molecule has 13 heavy (non-hydrogen) atoms. The molecule has 1 aromatic rings. The molecule has 0 spiro atoms. The lowest BCUT2D eigenvalue weighted by atomic mass is 10.3. The van der Waals surface area contributed by atoms with Crippen LogP contribution in [-0.4, -0.2) is 10.2 Å². The largest absolute Gasteiger partial charge is 0.339 e. The molecule has 0 heterocycles. The molecular weight excluding hydrogens is 190 g/mol. The molecular formula is C7H5N3O2S. The molecule has 0 aliphatic carbocycles. The SMILES string of the molecule is O=[N+]([O-])N(N=C=S)c1ccccc1. The molecule has 0 amide bonds. The van der Waals surface area contributed by atoms with Crippen LogP contribution in [0.5, 0.6) is 0 Å². The highest BCUT2D eigenvalue weighted by molar-refractivity contribution is 7.78. The van der Waals surface area contributed by atoms with Crippen LogP contribution in [0.1, 0.15) is 0 Å². The summed E-state index contributed by atoms with van der Waals surface area (Å²) >= 11 is 4.28. The number of nitrogens with zero attached hydrogens (tertiary/aromatic N) is 3. The average Bonchev–Trinajstić information content (AvgIpc) is 2.15. The van der Waals surface area contributed by atoms with Crippen LogP contribution in [0.2, 0.25) is 0 Å². The van der Waals surface area contributed by atoms with Crippen LogP contribution in [0.4, 0.5) is 5.69 Å². The summed E-state index contributed by atoms with van der Waals surface area (Å²) in [6.07, 6.45) is 0. The maximum atomic E-state index is 10.4. The van der Waals surface area contributed by atoms with E-state index in [9.17, 15) is 10.1 Å². The molecule has 0 saturated heterocycles. The molecule has 0 unspecified atom stereocenters. The van der Waals surface area contributed by atoms with Crippen molar-refractivity contribution < 1.29 is 5.03 Å². The van der Waals surface area contributed by atoms with E-state index in [0.717, 1.165) is 0 Å². The number of benzene rings is 1. The lowest BCUT2D eigenvalue weighted by molar-refractivity contribution is -0.495. The van der Waals surface area contributed by atoms with Gasteiger partial charge >= 0.3 is 0 Å². The van der Waals surface area contributed by atoms with Crippen molar-refractivity contribution in [2.45, 2.75) is 0 Å². The molecule has 1 aromatic carbocycles. The molecule has 0 bridgehead atoms. The number of nitro groups is 1. The van der Waals surface area contributed by atoms with Gasteiger partial charge in [0.1, 0.15) is 10.8 Å². The van der Waals surface area contributed by atoms with Gasteiger partial charge in [-0.25, -0.2) is 0 Å². The fraction of sp³-hybridized carbons (Fsp3) is 0. The summed E-state index contributed by atoms with van der Waals surface area (Å²) in [7, 11) is 0. The Morgan fingerprint density at radius 2 is 2.08 bits per heavy atom. The van der Waals surface area contributed by atoms with Crippen molar-refractivity contribution in [2.24, 2.45) is 5.10 Å². The Labute approximate surface area is 79.4 Å². The first kappa shape index (κ1) is 9.31. The minimum Gasteiger partial charge on any atom is -0.339 e. The molecule has 0 aromatic heterocycles. The van der Waals surface area contributed by atoms with Crippen LogP contribution in [0.3, 0.4) is 0 Å². The predicted octanol–water partition coefficient (Wildman–Crippen LogP) is 1.70. The second kappa shape index (κ2) is 4.30. The van der Waals surface area contributed by atoms with Crippen molar-refractivity contribution in [2.75, 3.05) is 5.12 Å². The Hall–Kier alpha value is -1.78.